The summed E-state index contributed by atoms with van der Waals surface area (Å²) in [7, 11) is 1.48. The second kappa shape index (κ2) is 7.08. The van der Waals surface area contributed by atoms with Crippen molar-refractivity contribution in [3.05, 3.63) is 23.2 Å². The van der Waals surface area contributed by atoms with E-state index in [1.807, 2.05) is 6.92 Å². The van der Waals surface area contributed by atoms with Crippen molar-refractivity contribution in [2.45, 2.75) is 19.4 Å². The fourth-order valence-electron chi connectivity index (χ4n) is 1.44. The summed E-state index contributed by atoms with van der Waals surface area (Å²) in [4.78, 5) is 11.7. The van der Waals surface area contributed by atoms with Crippen LogP contribution in [0, 0.1) is 0 Å². The molecule has 0 bridgehead atoms. The van der Waals surface area contributed by atoms with E-state index in [0.29, 0.717) is 22.9 Å². The molecule has 0 aliphatic rings. The molecule has 1 rings (SSSR count). The van der Waals surface area contributed by atoms with Crippen molar-refractivity contribution in [1.29, 1.82) is 0 Å². The monoisotopic (exact) mass is 272 g/mol. The smallest absolute Gasteiger partial charge is 0.319 e. The van der Waals surface area contributed by atoms with Crippen LogP contribution < -0.4 is 15.4 Å². The molecule has 100 valence electrons. The van der Waals surface area contributed by atoms with Crippen molar-refractivity contribution in [3.63, 3.8) is 0 Å². The molecule has 0 fully saturated rings. The van der Waals surface area contributed by atoms with E-state index in [1.54, 1.807) is 18.2 Å². The van der Waals surface area contributed by atoms with Crippen molar-refractivity contribution in [3.8, 4) is 5.75 Å². The number of benzene rings is 1. The number of carbonyl (C=O) groups is 1. The number of hydrogen-bond acceptors (Lipinski definition) is 3. The summed E-state index contributed by atoms with van der Waals surface area (Å²) in [6.45, 7) is 1.78. The van der Waals surface area contributed by atoms with Gasteiger partial charge in [-0.3, -0.25) is 0 Å². The number of urea groups is 1. The highest BCUT2D eigenvalue weighted by Gasteiger charge is 2.12. The Balaban J connectivity index is 2.73. The maximum absolute atomic E-state index is 11.7. The molecule has 18 heavy (non-hydrogen) atoms. The lowest BCUT2D eigenvalue weighted by molar-refractivity contribution is 0.222. The summed E-state index contributed by atoms with van der Waals surface area (Å²) in [5.74, 6) is 0.409. The number of amides is 2. The minimum absolute atomic E-state index is 0.101. The molecular weight excluding hydrogens is 256 g/mol. The van der Waals surface area contributed by atoms with E-state index < -0.39 is 6.03 Å². The van der Waals surface area contributed by atoms with Crippen molar-refractivity contribution >= 4 is 23.3 Å². The van der Waals surface area contributed by atoms with Crippen LogP contribution in [0.2, 0.25) is 5.02 Å². The molecule has 0 aliphatic carbocycles. The Labute approximate surface area is 111 Å². The first-order valence-electron chi connectivity index (χ1n) is 5.63. The molecule has 0 radical (unpaired) electrons. The summed E-state index contributed by atoms with van der Waals surface area (Å²) in [5.41, 5.74) is 0.482. The molecule has 1 aromatic rings. The van der Waals surface area contributed by atoms with Crippen molar-refractivity contribution in [2.75, 3.05) is 19.0 Å². The van der Waals surface area contributed by atoms with Crippen LogP contribution in [0.15, 0.2) is 18.2 Å². The van der Waals surface area contributed by atoms with Crippen molar-refractivity contribution < 1.29 is 14.6 Å². The highest BCUT2D eigenvalue weighted by Crippen LogP contribution is 2.32. The Morgan fingerprint density at radius 2 is 2.28 bits per heavy atom. The van der Waals surface area contributed by atoms with Gasteiger partial charge in [0.1, 0.15) is 0 Å². The second-order valence-corrected chi connectivity index (χ2v) is 4.11. The fourth-order valence-corrected chi connectivity index (χ4v) is 1.69. The molecule has 5 nitrogen and oxygen atoms in total. The summed E-state index contributed by atoms with van der Waals surface area (Å²) in [6, 6.07) is 4.40. The van der Waals surface area contributed by atoms with Gasteiger partial charge < -0.3 is 20.5 Å². The average molecular weight is 273 g/mol. The van der Waals surface area contributed by atoms with Gasteiger partial charge in [-0.15, -0.1) is 0 Å². The molecule has 1 atom stereocenters. The second-order valence-electron chi connectivity index (χ2n) is 3.71. The first-order chi connectivity index (χ1) is 8.62. The standard InChI is InChI=1S/C12H17ClN2O3/c1-3-8(7-16)14-12(17)15-10-6-4-5-9(13)11(10)18-2/h4-6,8,16H,3,7H2,1-2H3,(H2,14,15,17). The Kier molecular flexibility index (Phi) is 5.74. The predicted molar refractivity (Wildman–Crippen MR) is 71.3 cm³/mol. The number of halogens is 1. The molecule has 0 saturated carbocycles. The van der Waals surface area contributed by atoms with Gasteiger partial charge in [0.05, 0.1) is 30.5 Å². The van der Waals surface area contributed by atoms with Crippen LogP contribution in [0.25, 0.3) is 0 Å². The number of aliphatic hydroxyl groups excluding tert-OH is 1. The van der Waals surface area contributed by atoms with E-state index in [-0.39, 0.29) is 12.6 Å². The summed E-state index contributed by atoms with van der Waals surface area (Å²) < 4.78 is 5.11. The van der Waals surface area contributed by atoms with Gasteiger partial charge >= 0.3 is 6.03 Å². The van der Waals surface area contributed by atoms with Gasteiger partial charge in [-0.05, 0) is 18.6 Å². The maximum Gasteiger partial charge on any atom is 0.319 e. The highest BCUT2D eigenvalue weighted by atomic mass is 35.5. The number of rotatable bonds is 5. The normalized spacial score (nSPS) is 11.8. The minimum Gasteiger partial charge on any atom is -0.493 e. The van der Waals surface area contributed by atoms with E-state index in [4.69, 9.17) is 21.4 Å². The first kappa shape index (κ1) is 14.6. The SMILES string of the molecule is CCC(CO)NC(=O)Nc1cccc(Cl)c1OC. The number of nitrogens with one attached hydrogen (secondary N) is 2. The molecule has 0 aliphatic heterocycles. The van der Waals surface area contributed by atoms with Crippen LogP contribution in [0.3, 0.4) is 0 Å². The number of hydrogen-bond donors (Lipinski definition) is 3. The van der Waals surface area contributed by atoms with Gasteiger partial charge in [-0.2, -0.15) is 0 Å². The summed E-state index contributed by atoms with van der Waals surface area (Å²) in [5, 5.41) is 14.7. The van der Waals surface area contributed by atoms with Gasteiger partial charge in [-0.1, -0.05) is 24.6 Å². The number of carbonyl (C=O) groups excluding carboxylic acids is 1. The van der Waals surface area contributed by atoms with Crippen LogP contribution in [-0.2, 0) is 0 Å². The topological polar surface area (TPSA) is 70.6 Å². The third kappa shape index (κ3) is 3.78. The minimum atomic E-state index is -0.406. The van der Waals surface area contributed by atoms with Gasteiger partial charge in [0.15, 0.2) is 5.75 Å². The molecule has 2 amide bonds. The van der Waals surface area contributed by atoms with Gasteiger partial charge in [0.25, 0.3) is 0 Å². The zero-order chi connectivity index (χ0) is 13.5. The molecule has 6 heteroatoms. The zero-order valence-corrected chi connectivity index (χ0v) is 11.1. The lowest BCUT2D eigenvalue weighted by Gasteiger charge is -2.16. The number of ether oxygens (including phenoxy) is 1. The molecular formula is C12H17ClN2O3. The van der Waals surface area contributed by atoms with E-state index in [9.17, 15) is 4.79 Å². The van der Waals surface area contributed by atoms with Crippen LogP contribution in [0.5, 0.6) is 5.75 Å². The summed E-state index contributed by atoms with van der Waals surface area (Å²) >= 11 is 5.94. The number of methoxy groups -OCH3 is 1. The Hall–Kier alpha value is -1.46. The van der Waals surface area contributed by atoms with E-state index in [1.165, 1.54) is 7.11 Å². The zero-order valence-electron chi connectivity index (χ0n) is 10.4. The molecule has 3 N–H and O–H groups in total. The molecule has 1 aromatic carbocycles. The molecule has 0 heterocycles. The third-order valence-corrected chi connectivity index (χ3v) is 2.77. The third-order valence-electron chi connectivity index (χ3n) is 2.47. The van der Waals surface area contributed by atoms with Crippen LogP contribution in [0.1, 0.15) is 13.3 Å². The lowest BCUT2D eigenvalue weighted by Crippen LogP contribution is -2.39. The van der Waals surface area contributed by atoms with E-state index in [0.717, 1.165) is 0 Å². The van der Waals surface area contributed by atoms with Gasteiger partial charge in [0.2, 0.25) is 0 Å². The lowest BCUT2D eigenvalue weighted by atomic mass is 10.2. The van der Waals surface area contributed by atoms with Crippen LogP contribution >= 0.6 is 11.6 Å². The average Bonchev–Trinajstić information content (AvgIpc) is 2.36. The highest BCUT2D eigenvalue weighted by molar-refractivity contribution is 6.32. The van der Waals surface area contributed by atoms with E-state index >= 15 is 0 Å². The molecule has 0 saturated heterocycles. The summed E-state index contributed by atoms with van der Waals surface area (Å²) in [6.07, 6.45) is 0.649. The molecule has 1 unspecified atom stereocenters. The van der Waals surface area contributed by atoms with Crippen LogP contribution in [0.4, 0.5) is 10.5 Å². The predicted octanol–water partition coefficient (Wildman–Crippen LogP) is 2.24. The van der Waals surface area contributed by atoms with Gasteiger partial charge in [0, 0.05) is 0 Å². The van der Waals surface area contributed by atoms with E-state index in [2.05, 4.69) is 10.6 Å². The van der Waals surface area contributed by atoms with Crippen LogP contribution in [-0.4, -0.2) is 30.9 Å². The molecule has 0 spiro atoms. The Morgan fingerprint density at radius 3 is 2.83 bits per heavy atom. The quantitative estimate of drug-likeness (QED) is 0.770. The fraction of sp³-hybridized carbons (Fsp3) is 0.417. The number of para-hydroxylation sites is 1. The Bertz CT molecular complexity index is 408. The van der Waals surface area contributed by atoms with Crippen molar-refractivity contribution in [2.24, 2.45) is 0 Å². The largest absolute Gasteiger partial charge is 0.493 e. The number of aliphatic hydroxyl groups is 1. The molecule has 0 aromatic heterocycles. The first-order valence-corrected chi connectivity index (χ1v) is 6.01. The Morgan fingerprint density at radius 1 is 1.56 bits per heavy atom. The van der Waals surface area contributed by atoms with Crippen molar-refractivity contribution in [1.82, 2.24) is 5.32 Å². The maximum atomic E-state index is 11.7. The van der Waals surface area contributed by atoms with Gasteiger partial charge in [-0.25, -0.2) is 4.79 Å². The number of anilines is 1.